The molecule has 2 fully saturated rings. The van der Waals surface area contributed by atoms with Crippen LogP contribution in [0.15, 0.2) is 12.7 Å². The smallest absolute Gasteiger partial charge is 0.0655 e. The van der Waals surface area contributed by atoms with Crippen LogP contribution in [0.5, 0.6) is 0 Å². The maximum atomic E-state index is 8.97. The highest BCUT2D eigenvalue weighted by molar-refractivity contribution is 4.89. The number of allylic oxidation sites excluding steroid dienone is 1. The van der Waals surface area contributed by atoms with E-state index in [4.69, 9.17) is 5.26 Å². The van der Waals surface area contributed by atoms with E-state index in [2.05, 4.69) is 18.7 Å². The van der Waals surface area contributed by atoms with E-state index in [1.165, 1.54) is 70.6 Å². The van der Waals surface area contributed by atoms with Gasteiger partial charge < -0.3 is 0 Å². The summed E-state index contributed by atoms with van der Waals surface area (Å²) in [5.41, 5.74) is 0. The van der Waals surface area contributed by atoms with E-state index in [0.29, 0.717) is 5.92 Å². The molecule has 0 radical (unpaired) electrons. The fraction of sp³-hybridized carbons (Fsp3) is 0.833. The second-order valence-electron chi connectivity index (χ2n) is 6.74. The molecule has 106 valence electrons. The number of nitriles is 1. The first-order valence-electron chi connectivity index (χ1n) is 8.34. The van der Waals surface area contributed by atoms with Gasteiger partial charge in [0.2, 0.25) is 0 Å². The molecule has 0 heterocycles. The fourth-order valence-corrected chi connectivity index (χ4v) is 4.22. The minimum atomic E-state index is 0.367. The van der Waals surface area contributed by atoms with Crippen molar-refractivity contribution in [1.82, 2.24) is 0 Å². The van der Waals surface area contributed by atoms with Gasteiger partial charge in [-0.1, -0.05) is 25.3 Å². The van der Waals surface area contributed by atoms with Crippen LogP contribution >= 0.6 is 0 Å². The Balaban J connectivity index is 1.66. The van der Waals surface area contributed by atoms with Gasteiger partial charge in [0.15, 0.2) is 0 Å². The number of nitrogens with zero attached hydrogens (tertiary/aromatic N) is 1. The molecular formula is C18H29N. The molecule has 2 saturated carbocycles. The van der Waals surface area contributed by atoms with Gasteiger partial charge in [0.1, 0.15) is 0 Å². The van der Waals surface area contributed by atoms with Crippen LogP contribution in [0.2, 0.25) is 0 Å². The first kappa shape index (κ1) is 14.6. The Morgan fingerprint density at radius 2 is 1.53 bits per heavy atom. The van der Waals surface area contributed by atoms with Crippen molar-refractivity contribution in [3.8, 4) is 6.07 Å². The lowest BCUT2D eigenvalue weighted by Gasteiger charge is -2.36. The van der Waals surface area contributed by atoms with Gasteiger partial charge >= 0.3 is 0 Å². The first-order chi connectivity index (χ1) is 9.33. The summed E-state index contributed by atoms with van der Waals surface area (Å²) >= 11 is 0. The van der Waals surface area contributed by atoms with Crippen molar-refractivity contribution in [2.24, 2.45) is 23.7 Å². The SMILES string of the molecule is C=CCCCC1CCC(C2CCC(C#N)CC2)CC1. The Hall–Kier alpha value is -0.770. The highest BCUT2D eigenvalue weighted by Gasteiger charge is 2.30. The molecule has 0 aromatic heterocycles. The van der Waals surface area contributed by atoms with Crippen molar-refractivity contribution in [2.45, 2.75) is 70.6 Å². The Kier molecular flexibility index (Phi) is 5.95. The third kappa shape index (κ3) is 4.37. The molecule has 0 N–H and O–H groups in total. The van der Waals surface area contributed by atoms with E-state index in [1.807, 2.05) is 0 Å². The van der Waals surface area contributed by atoms with Crippen LogP contribution in [0.25, 0.3) is 0 Å². The average Bonchev–Trinajstić information content (AvgIpc) is 2.48. The van der Waals surface area contributed by atoms with Gasteiger partial charge in [-0.2, -0.15) is 5.26 Å². The summed E-state index contributed by atoms with van der Waals surface area (Å²) in [6.45, 7) is 3.81. The van der Waals surface area contributed by atoms with Crippen LogP contribution in [0.1, 0.15) is 70.6 Å². The minimum Gasteiger partial charge on any atom is -0.198 e. The van der Waals surface area contributed by atoms with Gasteiger partial charge in [-0.05, 0) is 69.1 Å². The Bertz CT molecular complexity index is 298. The minimum absolute atomic E-state index is 0.367. The van der Waals surface area contributed by atoms with E-state index >= 15 is 0 Å². The Labute approximate surface area is 119 Å². The highest BCUT2D eigenvalue weighted by Crippen LogP contribution is 2.42. The lowest BCUT2D eigenvalue weighted by atomic mass is 9.69. The molecule has 19 heavy (non-hydrogen) atoms. The van der Waals surface area contributed by atoms with Crippen molar-refractivity contribution >= 4 is 0 Å². The molecule has 0 aromatic rings. The van der Waals surface area contributed by atoms with E-state index in [-0.39, 0.29) is 0 Å². The van der Waals surface area contributed by atoms with Crippen molar-refractivity contribution in [3.05, 3.63) is 12.7 Å². The summed E-state index contributed by atoms with van der Waals surface area (Å²) in [6.07, 6.45) is 16.8. The van der Waals surface area contributed by atoms with Crippen LogP contribution in [0.4, 0.5) is 0 Å². The highest BCUT2D eigenvalue weighted by atomic mass is 14.4. The molecule has 1 nitrogen and oxygen atoms in total. The lowest BCUT2D eigenvalue weighted by Crippen LogP contribution is -2.25. The van der Waals surface area contributed by atoms with Gasteiger partial charge in [-0.15, -0.1) is 6.58 Å². The lowest BCUT2D eigenvalue weighted by molar-refractivity contribution is 0.153. The topological polar surface area (TPSA) is 23.8 Å². The quantitative estimate of drug-likeness (QED) is 0.474. The van der Waals surface area contributed by atoms with Gasteiger partial charge in [-0.3, -0.25) is 0 Å². The average molecular weight is 259 g/mol. The zero-order valence-electron chi connectivity index (χ0n) is 12.3. The molecule has 0 spiro atoms. The summed E-state index contributed by atoms with van der Waals surface area (Å²) in [7, 11) is 0. The largest absolute Gasteiger partial charge is 0.198 e. The Morgan fingerprint density at radius 3 is 2.05 bits per heavy atom. The summed E-state index contributed by atoms with van der Waals surface area (Å²) in [4.78, 5) is 0. The molecule has 0 bridgehead atoms. The van der Waals surface area contributed by atoms with Gasteiger partial charge in [-0.25, -0.2) is 0 Å². The van der Waals surface area contributed by atoms with Crippen LogP contribution in [0.3, 0.4) is 0 Å². The standard InChI is InChI=1S/C18H29N/c1-2-3-4-5-15-6-10-17(11-7-15)18-12-8-16(14-19)9-13-18/h2,15-18H,1,3-13H2. The predicted molar refractivity (Wildman–Crippen MR) is 80.6 cm³/mol. The second-order valence-corrected chi connectivity index (χ2v) is 6.74. The third-order valence-electron chi connectivity index (χ3n) is 5.53. The second kappa shape index (κ2) is 7.73. The molecule has 0 atom stereocenters. The van der Waals surface area contributed by atoms with Crippen molar-refractivity contribution < 1.29 is 0 Å². The van der Waals surface area contributed by atoms with E-state index in [9.17, 15) is 0 Å². The molecule has 0 aliphatic heterocycles. The maximum Gasteiger partial charge on any atom is 0.0655 e. The number of rotatable bonds is 5. The molecule has 0 aromatic carbocycles. The summed E-state index contributed by atoms with van der Waals surface area (Å²) in [5.74, 6) is 3.28. The van der Waals surface area contributed by atoms with Gasteiger partial charge in [0.05, 0.1) is 6.07 Å². The molecule has 0 unspecified atom stereocenters. The molecule has 2 aliphatic rings. The molecule has 0 saturated heterocycles. The Morgan fingerprint density at radius 1 is 0.947 bits per heavy atom. The summed E-state index contributed by atoms with van der Waals surface area (Å²) in [6, 6.07) is 2.46. The van der Waals surface area contributed by atoms with Crippen molar-refractivity contribution in [1.29, 1.82) is 5.26 Å². The summed E-state index contributed by atoms with van der Waals surface area (Å²) < 4.78 is 0. The van der Waals surface area contributed by atoms with Gasteiger partial charge in [0, 0.05) is 5.92 Å². The third-order valence-corrected chi connectivity index (χ3v) is 5.53. The van der Waals surface area contributed by atoms with Crippen LogP contribution in [0, 0.1) is 35.0 Å². The normalized spacial score (nSPS) is 35.5. The molecule has 0 amide bonds. The van der Waals surface area contributed by atoms with Crippen molar-refractivity contribution in [3.63, 3.8) is 0 Å². The van der Waals surface area contributed by atoms with Crippen LogP contribution < -0.4 is 0 Å². The zero-order chi connectivity index (χ0) is 13.5. The number of unbranched alkanes of at least 4 members (excludes halogenated alkanes) is 1. The summed E-state index contributed by atoms with van der Waals surface area (Å²) in [5, 5.41) is 8.97. The van der Waals surface area contributed by atoms with E-state index < -0.39 is 0 Å². The number of hydrogen-bond donors (Lipinski definition) is 0. The van der Waals surface area contributed by atoms with Gasteiger partial charge in [0.25, 0.3) is 0 Å². The van der Waals surface area contributed by atoms with E-state index in [1.54, 1.807) is 0 Å². The fourth-order valence-electron chi connectivity index (χ4n) is 4.22. The number of hydrogen-bond acceptors (Lipinski definition) is 1. The van der Waals surface area contributed by atoms with Crippen LogP contribution in [-0.2, 0) is 0 Å². The maximum absolute atomic E-state index is 8.97. The zero-order valence-corrected chi connectivity index (χ0v) is 12.3. The molecule has 1 heteroatoms. The monoisotopic (exact) mass is 259 g/mol. The first-order valence-corrected chi connectivity index (χ1v) is 8.34. The van der Waals surface area contributed by atoms with Crippen molar-refractivity contribution in [2.75, 3.05) is 0 Å². The molecule has 2 rings (SSSR count). The predicted octanol–water partition coefficient (Wildman–Crippen LogP) is 5.48. The van der Waals surface area contributed by atoms with Crippen LogP contribution in [-0.4, -0.2) is 0 Å². The van der Waals surface area contributed by atoms with E-state index in [0.717, 1.165) is 17.8 Å². The molecular weight excluding hydrogens is 230 g/mol. The molecule has 2 aliphatic carbocycles.